The molecule has 0 radical (unpaired) electrons. The largest absolute Gasteiger partial charge is 0.467 e. The van der Waals surface area contributed by atoms with Gasteiger partial charge in [-0.05, 0) is 19.1 Å². The van der Waals surface area contributed by atoms with Crippen LogP contribution in [0.3, 0.4) is 0 Å². The van der Waals surface area contributed by atoms with E-state index in [1.54, 1.807) is 25.1 Å². The highest BCUT2D eigenvalue weighted by atomic mass is 16.5. The second-order valence-corrected chi connectivity index (χ2v) is 3.90. The number of nitrogens with zero attached hydrogens (tertiary/aromatic N) is 1. The van der Waals surface area contributed by atoms with Gasteiger partial charge in [0, 0.05) is 6.07 Å². The zero-order valence-electron chi connectivity index (χ0n) is 10.3. The van der Waals surface area contributed by atoms with Gasteiger partial charge in [0.2, 0.25) is 11.8 Å². The molecule has 19 heavy (non-hydrogen) atoms. The molecule has 2 aromatic rings. The average molecular weight is 263 g/mol. The van der Waals surface area contributed by atoms with E-state index in [1.807, 2.05) is 0 Å². The molecule has 0 fully saturated rings. The summed E-state index contributed by atoms with van der Waals surface area (Å²) >= 11 is 0. The van der Waals surface area contributed by atoms with E-state index in [0.717, 1.165) is 0 Å². The maximum absolute atomic E-state index is 11.5. The molecule has 2 amide bonds. The summed E-state index contributed by atoms with van der Waals surface area (Å²) in [5.41, 5.74) is 0. The van der Waals surface area contributed by atoms with Gasteiger partial charge in [0.1, 0.15) is 17.9 Å². The third kappa shape index (κ3) is 3.98. The minimum atomic E-state index is -0.453. The minimum absolute atomic E-state index is 0.252. The van der Waals surface area contributed by atoms with Gasteiger partial charge in [-0.1, -0.05) is 5.16 Å². The van der Waals surface area contributed by atoms with Crippen molar-refractivity contribution >= 4 is 17.6 Å². The van der Waals surface area contributed by atoms with E-state index in [2.05, 4.69) is 15.8 Å². The molecule has 2 N–H and O–H groups in total. The fourth-order valence-electron chi connectivity index (χ4n) is 1.42. The Morgan fingerprint density at radius 1 is 1.37 bits per heavy atom. The summed E-state index contributed by atoms with van der Waals surface area (Å²) in [5.74, 6) is 0.652. The third-order valence-corrected chi connectivity index (χ3v) is 2.26. The molecule has 0 aliphatic rings. The van der Waals surface area contributed by atoms with Crippen LogP contribution in [-0.4, -0.2) is 17.0 Å². The van der Waals surface area contributed by atoms with Gasteiger partial charge in [0.15, 0.2) is 5.82 Å². The van der Waals surface area contributed by atoms with E-state index in [-0.39, 0.29) is 13.0 Å². The Kier molecular flexibility index (Phi) is 3.97. The Morgan fingerprint density at radius 3 is 2.84 bits per heavy atom. The van der Waals surface area contributed by atoms with Crippen molar-refractivity contribution in [3.05, 3.63) is 36.0 Å². The molecule has 2 rings (SSSR count). The second kappa shape index (κ2) is 5.85. The predicted molar refractivity (Wildman–Crippen MR) is 65.0 cm³/mol. The lowest BCUT2D eigenvalue weighted by Gasteiger charge is -2.03. The molecule has 0 aromatic carbocycles. The van der Waals surface area contributed by atoms with Gasteiger partial charge in [-0.15, -0.1) is 0 Å². The molecule has 0 saturated heterocycles. The number of hydrogen-bond acceptors (Lipinski definition) is 5. The summed E-state index contributed by atoms with van der Waals surface area (Å²) in [6.07, 6.45) is 1.23. The van der Waals surface area contributed by atoms with Gasteiger partial charge in [0.25, 0.3) is 0 Å². The molecular weight excluding hydrogens is 250 g/mol. The predicted octanol–water partition coefficient (Wildman–Crippen LogP) is 1.22. The number of carbonyl (C=O) groups is 2. The van der Waals surface area contributed by atoms with Crippen molar-refractivity contribution in [3.8, 4) is 0 Å². The first-order chi connectivity index (χ1) is 9.13. The van der Waals surface area contributed by atoms with Crippen LogP contribution in [0.15, 0.2) is 33.4 Å². The molecule has 100 valence electrons. The van der Waals surface area contributed by atoms with Crippen molar-refractivity contribution in [2.24, 2.45) is 0 Å². The van der Waals surface area contributed by atoms with E-state index in [1.165, 1.54) is 6.26 Å². The SMILES string of the molecule is Cc1cc(NC(=O)CC(=O)NCc2ccco2)no1. The van der Waals surface area contributed by atoms with Crippen LogP contribution in [0.25, 0.3) is 0 Å². The number of anilines is 1. The van der Waals surface area contributed by atoms with Crippen LogP contribution in [0, 0.1) is 6.92 Å². The van der Waals surface area contributed by atoms with Crippen molar-refractivity contribution in [1.29, 1.82) is 0 Å². The Balaban J connectivity index is 1.74. The second-order valence-electron chi connectivity index (χ2n) is 3.90. The maximum Gasteiger partial charge on any atom is 0.235 e. The lowest BCUT2D eigenvalue weighted by Crippen LogP contribution is -2.27. The summed E-state index contributed by atoms with van der Waals surface area (Å²) < 4.78 is 9.84. The van der Waals surface area contributed by atoms with Crippen LogP contribution in [0.2, 0.25) is 0 Å². The van der Waals surface area contributed by atoms with Crippen LogP contribution in [-0.2, 0) is 16.1 Å². The van der Waals surface area contributed by atoms with Crippen molar-refractivity contribution in [3.63, 3.8) is 0 Å². The zero-order chi connectivity index (χ0) is 13.7. The first kappa shape index (κ1) is 12.9. The normalized spacial score (nSPS) is 10.2. The number of hydrogen-bond donors (Lipinski definition) is 2. The third-order valence-electron chi connectivity index (χ3n) is 2.26. The molecule has 0 spiro atoms. The first-order valence-electron chi connectivity index (χ1n) is 5.66. The zero-order valence-corrected chi connectivity index (χ0v) is 10.3. The maximum atomic E-state index is 11.5. The molecule has 0 aliphatic carbocycles. The van der Waals surface area contributed by atoms with Gasteiger partial charge >= 0.3 is 0 Å². The molecule has 7 nitrogen and oxygen atoms in total. The van der Waals surface area contributed by atoms with E-state index in [9.17, 15) is 9.59 Å². The van der Waals surface area contributed by atoms with Gasteiger partial charge in [0.05, 0.1) is 12.8 Å². The monoisotopic (exact) mass is 263 g/mol. The number of carbonyl (C=O) groups excluding carboxylic acids is 2. The molecule has 0 unspecified atom stereocenters. The van der Waals surface area contributed by atoms with Crippen LogP contribution in [0.5, 0.6) is 0 Å². The number of nitrogens with one attached hydrogen (secondary N) is 2. The summed E-state index contributed by atoms with van der Waals surface area (Å²) in [6, 6.07) is 5.03. The quantitative estimate of drug-likeness (QED) is 0.790. The highest BCUT2D eigenvalue weighted by Gasteiger charge is 2.11. The number of aryl methyl sites for hydroxylation is 1. The van der Waals surface area contributed by atoms with Gasteiger partial charge < -0.3 is 19.6 Å². The van der Waals surface area contributed by atoms with E-state index in [4.69, 9.17) is 8.94 Å². The van der Waals surface area contributed by atoms with Gasteiger partial charge in [-0.3, -0.25) is 9.59 Å². The van der Waals surface area contributed by atoms with Gasteiger partial charge in [-0.25, -0.2) is 0 Å². The fourth-order valence-corrected chi connectivity index (χ4v) is 1.42. The minimum Gasteiger partial charge on any atom is -0.467 e. The van der Waals surface area contributed by atoms with Crippen molar-refractivity contribution < 1.29 is 18.5 Å². The number of amides is 2. The molecule has 0 atom stereocenters. The molecule has 2 aromatic heterocycles. The van der Waals surface area contributed by atoms with Gasteiger partial charge in [-0.2, -0.15) is 0 Å². The Labute approximate surface area is 108 Å². The first-order valence-corrected chi connectivity index (χ1v) is 5.66. The Morgan fingerprint density at radius 2 is 2.21 bits per heavy atom. The van der Waals surface area contributed by atoms with Crippen LogP contribution < -0.4 is 10.6 Å². The van der Waals surface area contributed by atoms with E-state index >= 15 is 0 Å². The lowest BCUT2D eigenvalue weighted by atomic mass is 10.3. The van der Waals surface area contributed by atoms with Crippen molar-refractivity contribution in [2.45, 2.75) is 19.9 Å². The Hall–Kier alpha value is -2.57. The molecule has 0 saturated carbocycles. The average Bonchev–Trinajstić information content (AvgIpc) is 2.98. The lowest BCUT2D eigenvalue weighted by molar-refractivity contribution is -0.127. The molecule has 0 bridgehead atoms. The molecular formula is C12H13N3O4. The standard InChI is InChI=1S/C12H13N3O4/c1-8-5-10(15-19-8)14-12(17)6-11(16)13-7-9-3-2-4-18-9/h2-5H,6-7H2,1H3,(H,13,16)(H,14,15,17). The van der Waals surface area contributed by atoms with Crippen molar-refractivity contribution in [1.82, 2.24) is 10.5 Å². The molecule has 2 heterocycles. The summed E-state index contributed by atoms with van der Waals surface area (Å²) in [4.78, 5) is 23.0. The number of furan rings is 1. The highest BCUT2D eigenvalue weighted by molar-refractivity contribution is 6.03. The molecule has 7 heteroatoms. The topological polar surface area (TPSA) is 97.4 Å². The highest BCUT2D eigenvalue weighted by Crippen LogP contribution is 2.07. The summed E-state index contributed by atoms with van der Waals surface area (Å²) in [6.45, 7) is 1.96. The Bertz CT molecular complexity index is 559. The number of rotatable bonds is 5. The van der Waals surface area contributed by atoms with Crippen LogP contribution in [0.4, 0.5) is 5.82 Å². The molecule has 0 aliphatic heterocycles. The van der Waals surface area contributed by atoms with E-state index in [0.29, 0.717) is 17.3 Å². The fraction of sp³-hybridized carbons (Fsp3) is 0.250. The van der Waals surface area contributed by atoms with Crippen LogP contribution in [0.1, 0.15) is 17.9 Å². The summed E-state index contributed by atoms with van der Waals surface area (Å²) in [5, 5.41) is 8.62. The van der Waals surface area contributed by atoms with Crippen molar-refractivity contribution in [2.75, 3.05) is 5.32 Å². The number of aromatic nitrogens is 1. The van der Waals surface area contributed by atoms with E-state index < -0.39 is 11.8 Å². The van der Waals surface area contributed by atoms with Crippen LogP contribution >= 0.6 is 0 Å². The summed E-state index contributed by atoms with van der Waals surface area (Å²) in [7, 11) is 0. The smallest absolute Gasteiger partial charge is 0.235 e.